The molecule has 1 unspecified atom stereocenters. The van der Waals surface area contributed by atoms with Crippen molar-refractivity contribution in [1.29, 1.82) is 0 Å². The third kappa shape index (κ3) is 3.67. The lowest BCUT2D eigenvalue weighted by Crippen LogP contribution is -2.44. The first-order chi connectivity index (χ1) is 13.1. The van der Waals surface area contributed by atoms with Gasteiger partial charge >= 0.3 is 12.1 Å². The molecule has 0 N–H and O–H groups in total. The number of esters is 1. The van der Waals surface area contributed by atoms with Crippen LogP contribution in [0.3, 0.4) is 0 Å². The monoisotopic (exact) mass is 431 g/mol. The highest BCUT2D eigenvalue weighted by molar-refractivity contribution is 6.34. The van der Waals surface area contributed by atoms with Gasteiger partial charge in [-0.3, -0.25) is 0 Å². The molecule has 1 atom stereocenters. The number of carbonyl (C=O) groups is 1. The van der Waals surface area contributed by atoms with E-state index in [-0.39, 0.29) is 35.1 Å². The summed E-state index contributed by atoms with van der Waals surface area (Å²) in [7, 11) is 1.28. The molecule has 1 heterocycles. The Morgan fingerprint density at radius 2 is 1.79 bits per heavy atom. The fourth-order valence-corrected chi connectivity index (χ4v) is 4.20. The van der Waals surface area contributed by atoms with E-state index in [1.54, 1.807) is 30.0 Å². The molecule has 150 valence electrons. The highest BCUT2D eigenvalue weighted by atomic mass is 35.5. The lowest BCUT2D eigenvalue weighted by atomic mass is 9.79. The minimum Gasteiger partial charge on any atom is -0.465 e. The van der Waals surface area contributed by atoms with Gasteiger partial charge in [0, 0.05) is 28.8 Å². The van der Waals surface area contributed by atoms with Crippen LogP contribution in [-0.2, 0) is 10.2 Å². The minimum absolute atomic E-state index is 0.0582. The number of hydrogen-bond donors (Lipinski definition) is 0. The maximum Gasteiger partial charge on any atom is 0.400 e. The van der Waals surface area contributed by atoms with Crippen molar-refractivity contribution in [3.05, 3.63) is 63.1 Å². The fourth-order valence-electron chi connectivity index (χ4n) is 3.67. The number of ether oxygens (including phenoxy) is 1. The van der Waals surface area contributed by atoms with Gasteiger partial charge in [-0.05, 0) is 60.9 Å². The van der Waals surface area contributed by atoms with E-state index < -0.39 is 17.6 Å². The SMILES string of the molecule is COC(=O)c1ccc(N2CCC(c3cc(Cl)cc(Cl)c3)(C(F)(F)F)C2)cc1C. The largest absolute Gasteiger partial charge is 0.465 e. The van der Waals surface area contributed by atoms with E-state index in [4.69, 9.17) is 27.9 Å². The molecule has 1 fully saturated rings. The van der Waals surface area contributed by atoms with Gasteiger partial charge in [0.25, 0.3) is 0 Å². The van der Waals surface area contributed by atoms with Crippen LogP contribution in [0.1, 0.15) is 27.9 Å². The zero-order chi connectivity index (χ0) is 20.7. The topological polar surface area (TPSA) is 29.5 Å². The first-order valence-corrected chi connectivity index (χ1v) is 9.30. The summed E-state index contributed by atoms with van der Waals surface area (Å²) in [4.78, 5) is 13.4. The fraction of sp³-hybridized carbons (Fsp3) is 0.350. The van der Waals surface area contributed by atoms with E-state index in [1.807, 2.05) is 0 Å². The Balaban J connectivity index is 1.98. The lowest BCUT2D eigenvalue weighted by Gasteiger charge is -2.33. The minimum atomic E-state index is -4.48. The van der Waals surface area contributed by atoms with Crippen LogP contribution in [0.4, 0.5) is 18.9 Å². The predicted molar refractivity (Wildman–Crippen MR) is 104 cm³/mol. The van der Waals surface area contributed by atoms with Crippen LogP contribution < -0.4 is 4.90 Å². The van der Waals surface area contributed by atoms with Gasteiger partial charge in [-0.25, -0.2) is 4.79 Å². The van der Waals surface area contributed by atoms with Crippen LogP contribution in [0, 0.1) is 6.92 Å². The first-order valence-electron chi connectivity index (χ1n) is 8.54. The third-order valence-corrected chi connectivity index (χ3v) is 5.64. The molecule has 0 bridgehead atoms. The molecule has 2 aromatic carbocycles. The summed E-state index contributed by atoms with van der Waals surface area (Å²) in [6, 6.07) is 8.98. The maximum absolute atomic E-state index is 14.2. The summed E-state index contributed by atoms with van der Waals surface area (Å²) in [5, 5.41) is 0.339. The number of halogens is 5. The number of nitrogens with zero attached hydrogens (tertiary/aromatic N) is 1. The van der Waals surface area contributed by atoms with Crippen molar-refractivity contribution in [3.8, 4) is 0 Å². The second-order valence-electron chi connectivity index (χ2n) is 6.90. The number of carbonyl (C=O) groups excluding carboxylic acids is 1. The van der Waals surface area contributed by atoms with Crippen LogP contribution in [0.2, 0.25) is 10.0 Å². The number of rotatable bonds is 3. The van der Waals surface area contributed by atoms with Crippen molar-refractivity contribution in [2.75, 3.05) is 25.1 Å². The Hall–Kier alpha value is -1.92. The molecule has 2 aromatic rings. The molecule has 0 saturated carbocycles. The van der Waals surface area contributed by atoms with Crippen molar-refractivity contribution >= 4 is 34.9 Å². The van der Waals surface area contributed by atoms with Crippen molar-refractivity contribution in [2.45, 2.75) is 24.9 Å². The molecule has 0 radical (unpaired) electrons. The first kappa shape index (κ1) is 20.8. The number of methoxy groups -OCH3 is 1. The normalized spacial score (nSPS) is 19.8. The van der Waals surface area contributed by atoms with E-state index in [2.05, 4.69) is 0 Å². The quantitative estimate of drug-likeness (QED) is 0.575. The molecule has 1 aliphatic heterocycles. The number of aryl methyl sites for hydroxylation is 1. The Labute approximate surface area is 171 Å². The molecule has 0 aromatic heterocycles. The molecule has 3 rings (SSSR count). The molecule has 0 spiro atoms. The standard InChI is InChI=1S/C20H18Cl2F3NO2/c1-12-7-16(3-4-17(12)18(27)28-2)26-6-5-19(11-26,20(23,24)25)13-8-14(21)10-15(22)9-13/h3-4,7-10H,5-6,11H2,1-2H3. The Bertz CT molecular complexity index is 897. The van der Waals surface area contributed by atoms with Gasteiger partial charge in [0.1, 0.15) is 5.41 Å². The summed E-state index contributed by atoms with van der Waals surface area (Å²) in [6.07, 6.45) is -4.60. The molecular formula is C20H18Cl2F3NO2. The number of anilines is 1. The second-order valence-corrected chi connectivity index (χ2v) is 7.77. The number of hydrogen-bond acceptors (Lipinski definition) is 3. The van der Waals surface area contributed by atoms with Gasteiger partial charge in [0.2, 0.25) is 0 Å². The van der Waals surface area contributed by atoms with Gasteiger partial charge in [0.05, 0.1) is 12.7 Å². The smallest absolute Gasteiger partial charge is 0.400 e. The maximum atomic E-state index is 14.2. The third-order valence-electron chi connectivity index (χ3n) is 5.21. The predicted octanol–water partition coefficient (Wildman–Crippen LogP) is 5.80. The average Bonchev–Trinajstić information content (AvgIpc) is 3.07. The van der Waals surface area contributed by atoms with E-state index in [0.29, 0.717) is 16.8 Å². The average molecular weight is 432 g/mol. The van der Waals surface area contributed by atoms with Crippen molar-refractivity contribution in [1.82, 2.24) is 0 Å². The van der Waals surface area contributed by atoms with Crippen molar-refractivity contribution in [2.24, 2.45) is 0 Å². The summed E-state index contributed by atoms with van der Waals surface area (Å²) >= 11 is 11.9. The summed E-state index contributed by atoms with van der Waals surface area (Å²) < 4.78 is 47.2. The van der Waals surface area contributed by atoms with Crippen LogP contribution >= 0.6 is 23.2 Å². The van der Waals surface area contributed by atoms with Gasteiger partial charge in [-0.15, -0.1) is 0 Å². The number of alkyl halides is 3. The summed E-state index contributed by atoms with van der Waals surface area (Å²) in [6.45, 7) is 1.67. The van der Waals surface area contributed by atoms with Gasteiger partial charge in [-0.1, -0.05) is 23.2 Å². The molecular weight excluding hydrogens is 414 g/mol. The molecule has 0 aliphatic carbocycles. The van der Waals surface area contributed by atoms with Crippen LogP contribution in [0.5, 0.6) is 0 Å². The zero-order valence-corrected chi connectivity index (χ0v) is 16.8. The van der Waals surface area contributed by atoms with Gasteiger partial charge in [-0.2, -0.15) is 13.2 Å². The van der Waals surface area contributed by atoms with Gasteiger partial charge in [0.15, 0.2) is 0 Å². The molecule has 0 amide bonds. The summed E-state index contributed by atoms with van der Waals surface area (Å²) in [5.41, 5.74) is -0.377. The molecule has 1 saturated heterocycles. The van der Waals surface area contributed by atoms with E-state index in [0.717, 1.165) is 0 Å². The van der Waals surface area contributed by atoms with E-state index in [1.165, 1.54) is 25.3 Å². The van der Waals surface area contributed by atoms with Crippen molar-refractivity contribution in [3.63, 3.8) is 0 Å². The van der Waals surface area contributed by atoms with Gasteiger partial charge < -0.3 is 9.64 Å². The van der Waals surface area contributed by atoms with E-state index >= 15 is 0 Å². The summed E-state index contributed by atoms with van der Waals surface area (Å²) in [5.74, 6) is -0.483. The molecule has 3 nitrogen and oxygen atoms in total. The zero-order valence-electron chi connectivity index (χ0n) is 15.2. The van der Waals surface area contributed by atoms with Crippen LogP contribution in [0.15, 0.2) is 36.4 Å². The molecule has 1 aliphatic rings. The number of benzene rings is 2. The highest BCUT2D eigenvalue weighted by Crippen LogP contribution is 2.49. The van der Waals surface area contributed by atoms with Crippen molar-refractivity contribution < 1.29 is 22.7 Å². The Kier molecular flexibility index (Phi) is 5.56. The second kappa shape index (κ2) is 7.48. The Morgan fingerprint density at radius 1 is 1.14 bits per heavy atom. The Morgan fingerprint density at radius 3 is 2.32 bits per heavy atom. The lowest BCUT2D eigenvalue weighted by molar-refractivity contribution is -0.184. The van der Waals surface area contributed by atoms with Crippen LogP contribution in [-0.4, -0.2) is 32.3 Å². The van der Waals surface area contributed by atoms with E-state index in [9.17, 15) is 18.0 Å². The molecule has 28 heavy (non-hydrogen) atoms. The molecule has 8 heteroatoms. The van der Waals surface area contributed by atoms with Crippen LogP contribution in [0.25, 0.3) is 0 Å². The highest BCUT2D eigenvalue weighted by Gasteiger charge is 2.59.